The van der Waals surface area contributed by atoms with Crippen LogP contribution < -0.4 is 15.8 Å². The average Bonchev–Trinajstić information content (AvgIpc) is 3.45. The minimum absolute atomic E-state index is 0.0425. The first-order valence-corrected chi connectivity index (χ1v) is 17.7. The predicted molar refractivity (Wildman–Crippen MR) is 183 cm³/mol. The van der Waals surface area contributed by atoms with E-state index in [1.165, 1.54) is 16.6 Å². The van der Waals surface area contributed by atoms with E-state index in [-0.39, 0.29) is 47.5 Å². The number of rotatable bonds is 16. The molecular formula is C34H42N8O6S. The fraction of sp³-hybridized carbons (Fsp3) is 0.382. The Labute approximate surface area is 286 Å². The lowest BCUT2D eigenvalue weighted by Crippen LogP contribution is -2.48. The van der Waals surface area contributed by atoms with Crippen molar-refractivity contribution in [3.05, 3.63) is 95.2 Å². The lowest BCUT2D eigenvalue weighted by molar-refractivity contribution is 0.0861. The van der Waals surface area contributed by atoms with E-state index in [0.29, 0.717) is 57.0 Å². The van der Waals surface area contributed by atoms with Crippen molar-refractivity contribution < 1.29 is 27.5 Å². The standard InChI is InChI=1S/C34H42N8O6S/c1-3-10-29-30(31(32(35)43)39-42(29)23-26-13-8-9-14-36-26)38-33(44)28-21-27(49(45,46)41-17-15-40(4-2)16-18-41)22-37-34(28)48-20-19-47-24-25-11-6-5-7-12-25/h5-9,11-14,21-22H,3-4,10,15-20,23-24H2,1-2H3,(H2,35,43)(H,38,44). The van der Waals surface area contributed by atoms with Crippen molar-refractivity contribution in [3.8, 4) is 5.88 Å². The van der Waals surface area contributed by atoms with E-state index in [1.54, 1.807) is 16.9 Å². The molecule has 1 fully saturated rings. The molecule has 0 aliphatic carbocycles. The normalized spacial score (nSPS) is 14.1. The topological polar surface area (TPSA) is 175 Å². The number of nitrogens with one attached hydrogen (secondary N) is 1. The quantitative estimate of drug-likeness (QED) is 0.166. The number of carbonyl (C=O) groups is 2. The zero-order chi connectivity index (χ0) is 34.8. The van der Waals surface area contributed by atoms with E-state index in [0.717, 1.165) is 12.1 Å². The van der Waals surface area contributed by atoms with Gasteiger partial charge in [0.25, 0.3) is 11.8 Å². The van der Waals surface area contributed by atoms with Crippen LogP contribution in [0.3, 0.4) is 0 Å². The fourth-order valence-electron chi connectivity index (χ4n) is 5.50. The second-order valence-electron chi connectivity index (χ2n) is 11.5. The van der Waals surface area contributed by atoms with Crippen molar-refractivity contribution in [1.29, 1.82) is 0 Å². The molecule has 3 N–H and O–H groups in total. The van der Waals surface area contributed by atoms with Crippen molar-refractivity contribution in [2.45, 2.75) is 44.7 Å². The summed E-state index contributed by atoms with van der Waals surface area (Å²) >= 11 is 0. The van der Waals surface area contributed by atoms with Gasteiger partial charge in [0.15, 0.2) is 5.69 Å². The number of aromatic nitrogens is 4. The number of primary amides is 1. The summed E-state index contributed by atoms with van der Waals surface area (Å²) in [6.07, 6.45) is 3.98. The van der Waals surface area contributed by atoms with E-state index in [2.05, 4.69) is 25.3 Å². The van der Waals surface area contributed by atoms with Gasteiger partial charge in [-0.15, -0.1) is 0 Å². The Kier molecular flexibility index (Phi) is 12.1. The first-order chi connectivity index (χ1) is 23.7. The first kappa shape index (κ1) is 35.6. The van der Waals surface area contributed by atoms with Crippen LogP contribution in [0.1, 0.15) is 58.1 Å². The molecule has 2 amide bonds. The number of hydrogen-bond acceptors (Lipinski definition) is 10. The van der Waals surface area contributed by atoms with E-state index < -0.39 is 21.8 Å². The number of benzene rings is 1. The van der Waals surface area contributed by atoms with E-state index >= 15 is 0 Å². The second kappa shape index (κ2) is 16.6. The number of amides is 2. The maximum absolute atomic E-state index is 14.1. The maximum atomic E-state index is 14.1. The van der Waals surface area contributed by atoms with Crippen LogP contribution in [-0.4, -0.2) is 95.1 Å². The molecule has 1 aromatic carbocycles. The lowest BCUT2D eigenvalue weighted by Gasteiger charge is -2.33. The number of nitrogens with zero attached hydrogens (tertiary/aromatic N) is 6. The molecule has 1 aliphatic heterocycles. The van der Waals surface area contributed by atoms with E-state index in [4.69, 9.17) is 15.2 Å². The molecule has 1 aliphatic rings. The highest BCUT2D eigenvalue weighted by molar-refractivity contribution is 7.89. The Morgan fingerprint density at radius 2 is 1.73 bits per heavy atom. The number of nitrogens with two attached hydrogens (primary N) is 1. The minimum Gasteiger partial charge on any atom is -0.475 e. The molecule has 260 valence electrons. The average molecular weight is 691 g/mol. The number of pyridine rings is 2. The van der Waals surface area contributed by atoms with E-state index in [9.17, 15) is 18.0 Å². The number of carbonyl (C=O) groups excluding carboxylic acids is 2. The van der Waals surface area contributed by atoms with Gasteiger partial charge in [-0.25, -0.2) is 13.4 Å². The Balaban J connectivity index is 1.44. The monoisotopic (exact) mass is 690 g/mol. The van der Waals surface area contributed by atoms with Gasteiger partial charge in [0.2, 0.25) is 15.9 Å². The number of sulfonamides is 1. The highest BCUT2D eigenvalue weighted by atomic mass is 32.2. The number of hydrogen-bond donors (Lipinski definition) is 2. The van der Waals surface area contributed by atoms with Crippen LogP contribution in [0.15, 0.2) is 71.9 Å². The summed E-state index contributed by atoms with van der Waals surface area (Å²) in [4.78, 5) is 37.3. The van der Waals surface area contributed by atoms with Gasteiger partial charge in [0, 0.05) is 32.4 Å². The van der Waals surface area contributed by atoms with Gasteiger partial charge in [-0.05, 0) is 36.7 Å². The highest BCUT2D eigenvalue weighted by Gasteiger charge is 2.31. The minimum atomic E-state index is -3.98. The molecular weight excluding hydrogens is 648 g/mol. The molecule has 4 aromatic rings. The SMILES string of the molecule is CCCc1c(NC(=O)c2cc(S(=O)(=O)N3CCN(CC)CC3)cnc2OCCOCc2ccccc2)c(C(N)=O)nn1Cc1ccccn1. The molecule has 0 radical (unpaired) electrons. The van der Waals surface area contributed by atoms with Crippen molar-refractivity contribution in [2.75, 3.05) is 51.3 Å². The van der Waals surface area contributed by atoms with Gasteiger partial charge in [-0.2, -0.15) is 9.40 Å². The van der Waals surface area contributed by atoms with Crippen LogP contribution in [0, 0.1) is 0 Å². The number of piperazine rings is 1. The van der Waals surface area contributed by atoms with Crippen LogP contribution in [0.2, 0.25) is 0 Å². The molecule has 0 atom stereocenters. The predicted octanol–water partition coefficient (Wildman–Crippen LogP) is 2.95. The third-order valence-electron chi connectivity index (χ3n) is 8.12. The van der Waals surface area contributed by atoms with Crippen molar-refractivity contribution in [2.24, 2.45) is 5.73 Å². The van der Waals surface area contributed by atoms with Crippen LogP contribution in [0.25, 0.3) is 0 Å². The number of ether oxygens (including phenoxy) is 2. The van der Waals surface area contributed by atoms with E-state index in [1.807, 2.05) is 56.3 Å². The molecule has 0 saturated carbocycles. The van der Waals surface area contributed by atoms with Crippen LogP contribution in [-0.2, 0) is 34.3 Å². The van der Waals surface area contributed by atoms with Gasteiger partial charge in [-0.3, -0.25) is 19.3 Å². The summed E-state index contributed by atoms with van der Waals surface area (Å²) in [5, 5.41) is 7.23. The van der Waals surface area contributed by atoms with Crippen LogP contribution >= 0.6 is 0 Å². The molecule has 4 heterocycles. The first-order valence-electron chi connectivity index (χ1n) is 16.3. The Bertz CT molecular complexity index is 1830. The number of likely N-dealkylation sites (N-methyl/N-ethyl adjacent to an activating group) is 1. The molecule has 3 aromatic heterocycles. The highest BCUT2D eigenvalue weighted by Crippen LogP contribution is 2.28. The zero-order valence-corrected chi connectivity index (χ0v) is 28.6. The van der Waals surface area contributed by atoms with Crippen molar-refractivity contribution >= 4 is 27.5 Å². The molecule has 14 nitrogen and oxygen atoms in total. The summed E-state index contributed by atoms with van der Waals surface area (Å²) in [6.45, 7) is 7.47. The fourth-order valence-corrected chi connectivity index (χ4v) is 6.89. The summed E-state index contributed by atoms with van der Waals surface area (Å²) in [5.41, 5.74) is 7.86. The molecule has 1 saturated heterocycles. The Morgan fingerprint density at radius 3 is 2.41 bits per heavy atom. The summed E-state index contributed by atoms with van der Waals surface area (Å²) in [5.74, 6) is -1.66. The van der Waals surface area contributed by atoms with Crippen molar-refractivity contribution in [1.82, 2.24) is 29.0 Å². The molecule has 15 heteroatoms. The smallest absolute Gasteiger partial charge is 0.271 e. The summed E-state index contributed by atoms with van der Waals surface area (Å²) in [6, 6.07) is 16.4. The van der Waals surface area contributed by atoms with Crippen LogP contribution in [0.5, 0.6) is 5.88 Å². The maximum Gasteiger partial charge on any atom is 0.271 e. The number of anilines is 1. The van der Waals surface area contributed by atoms with Gasteiger partial charge >= 0.3 is 0 Å². The Hall–Kier alpha value is -4.70. The summed E-state index contributed by atoms with van der Waals surface area (Å²) < 4.78 is 42.0. The van der Waals surface area contributed by atoms with Gasteiger partial charge in [-0.1, -0.05) is 56.7 Å². The van der Waals surface area contributed by atoms with Crippen molar-refractivity contribution in [3.63, 3.8) is 0 Å². The van der Waals surface area contributed by atoms with Gasteiger partial charge < -0.3 is 25.4 Å². The zero-order valence-electron chi connectivity index (χ0n) is 27.7. The largest absolute Gasteiger partial charge is 0.475 e. The molecule has 0 bridgehead atoms. The van der Waals surface area contributed by atoms with Crippen LogP contribution in [0.4, 0.5) is 5.69 Å². The molecule has 0 spiro atoms. The lowest BCUT2D eigenvalue weighted by atomic mass is 10.1. The molecule has 5 rings (SSSR count). The second-order valence-corrected chi connectivity index (χ2v) is 13.4. The van der Waals surface area contributed by atoms with Gasteiger partial charge in [0.1, 0.15) is 17.1 Å². The Morgan fingerprint density at radius 1 is 0.980 bits per heavy atom. The molecule has 49 heavy (non-hydrogen) atoms. The molecule has 0 unspecified atom stereocenters. The summed E-state index contributed by atoms with van der Waals surface area (Å²) in [7, 11) is -3.98. The van der Waals surface area contributed by atoms with Gasteiger partial charge in [0.05, 0.1) is 43.0 Å². The third-order valence-corrected chi connectivity index (χ3v) is 9.98. The third kappa shape index (κ3) is 8.86.